The van der Waals surface area contributed by atoms with Gasteiger partial charge in [0.25, 0.3) is 11.7 Å². The second kappa shape index (κ2) is 20.2. The van der Waals surface area contributed by atoms with Crippen molar-refractivity contribution in [2.75, 3.05) is 43.5 Å². The third kappa shape index (κ3) is 9.59. The number of thiazole rings is 1. The smallest absolute Gasteiger partial charge is 0.410 e. The molecule has 18 heteroatoms. The summed E-state index contributed by atoms with van der Waals surface area (Å²) in [5, 5.41) is 50.3. The number of hydrogen-bond donors (Lipinski definition) is 5. The number of phenolic OH excluding ortho intramolecular Hbond substituents is 2. The average molecular weight is 957 g/mol. The van der Waals surface area contributed by atoms with Gasteiger partial charge in [0.1, 0.15) is 29.9 Å². The second-order valence-corrected chi connectivity index (χ2v) is 19.0. The fourth-order valence-corrected chi connectivity index (χ4v) is 10.3. The zero-order valence-corrected chi connectivity index (χ0v) is 40.5. The molecular weight excluding hydrogens is 897 g/mol. The number of carbonyl (C=O) groups excluding carboxylic acids is 4. The molecule has 364 valence electrons. The van der Waals surface area contributed by atoms with E-state index in [1.807, 2.05) is 35.2 Å². The number of aliphatic hydroxyl groups excluding tert-OH is 2. The van der Waals surface area contributed by atoms with E-state index in [0.717, 1.165) is 16.9 Å². The predicted molar refractivity (Wildman–Crippen MR) is 256 cm³/mol. The normalized spacial score (nSPS) is 29.0. The number of piperazine rings is 1. The lowest BCUT2D eigenvalue weighted by Gasteiger charge is -2.38. The van der Waals surface area contributed by atoms with E-state index in [1.165, 1.54) is 40.2 Å². The first-order valence-electron chi connectivity index (χ1n) is 22.6. The molecule has 0 spiro atoms. The molecule has 9 atom stereocenters. The Morgan fingerprint density at radius 1 is 0.941 bits per heavy atom. The maximum atomic E-state index is 14.8. The molecule has 2 amide bonds. The van der Waals surface area contributed by atoms with Crippen LogP contribution in [0.5, 0.6) is 17.2 Å². The fraction of sp³-hybridized carbons (Fsp3) is 0.460. The van der Waals surface area contributed by atoms with E-state index >= 15 is 0 Å². The lowest BCUT2D eigenvalue weighted by molar-refractivity contribution is -0.160. The number of Topliss-reactive ketones (excluding diaryl/α,β-unsaturated/α-hetero) is 1. The molecule has 1 fully saturated rings. The zero-order chi connectivity index (χ0) is 49.4. The Hall–Kier alpha value is -6.21. The molecule has 3 aromatic carbocycles. The minimum Gasteiger partial charge on any atom is -0.507 e. The second-order valence-electron chi connectivity index (χ2n) is 18.0. The summed E-state index contributed by atoms with van der Waals surface area (Å²) >= 11 is 1.15. The number of nitrogens with one attached hydrogen (secondary N) is 1. The molecule has 68 heavy (non-hydrogen) atoms. The third-order valence-electron chi connectivity index (χ3n) is 13.4. The summed E-state index contributed by atoms with van der Waals surface area (Å²) in [6.45, 7) is 14.2. The third-order valence-corrected chi connectivity index (χ3v) is 14.5. The minimum absolute atomic E-state index is 0.00146. The highest BCUT2D eigenvalue weighted by atomic mass is 32.1. The summed E-state index contributed by atoms with van der Waals surface area (Å²) in [5.74, 6) is -7.25. The van der Waals surface area contributed by atoms with Crippen LogP contribution in [0.4, 0.5) is 15.6 Å². The Bertz CT molecular complexity index is 2680. The molecule has 7 rings (SSSR count). The Kier molecular flexibility index (Phi) is 14.7. The van der Waals surface area contributed by atoms with Crippen molar-refractivity contribution in [1.29, 1.82) is 0 Å². The summed E-state index contributed by atoms with van der Waals surface area (Å²) in [4.78, 5) is 62.8. The number of aromatic hydroxyl groups is 2. The van der Waals surface area contributed by atoms with Crippen molar-refractivity contribution in [2.24, 2.45) is 23.7 Å². The van der Waals surface area contributed by atoms with E-state index in [2.05, 4.69) is 5.32 Å². The number of amides is 2. The summed E-state index contributed by atoms with van der Waals surface area (Å²) in [7, 11) is 1.45. The molecule has 3 aliphatic rings. The van der Waals surface area contributed by atoms with E-state index in [9.17, 15) is 39.6 Å². The van der Waals surface area contributed by atoms with Crippen LogP contribution in [0, 0.1) is 30.6 Å². The number of benzene rings is 3. The highest BCUT2D eigenvalue weighted by Crippen LogP contribution is 2.55. The maximum absolute atomic E-state index is 14.8. The summed E-state index contributed by atoms with van der Waals surface area (Å²) in [5.41, 5.74) is 1.33. The van der Waals surface area contributed by atoms with E-state index in [4.69, 9.17) is 28.7 Å². The van der Waals surface area contributed by atoms with Gasteiger partial charge in [-0.05, 0) is 25.5 Å². The number of phenols is 2. The lowest BCUT2D eigenvalue weighted by Crippen LogP contribution is -2.48. The molecule has 1 aromatic heterocycles. The van der Waals surface area contributed by atoms with Gasteiger partial charge in [-0.3, -0.25) is 14.4 Å². The number of methoxy groups -OCH3 is 1. The first-order valence-corrected chi connectivity index (χ1v) is 23.5. The van der Waals surface area contributed by atoms with Gasteiger partial charge >= 0.3 is 17.8 Å². The molecule has 0 unspecified atom stereocenters. The predicted octanol–water partition coefficient (Wildman–Crippen LogP) is 7.12. The van der Waals surface area contributed by atoms with Crippen molar-refractivity contribution in [2.45, 2.75) is 92.2 Å². The van der Waals surface area contributed by atoms with E-state index in [1.54, 1.807) is 57.7 Å². The Morgan fingerprint density at radius 3 is 2.29 bits per heavy atom. The zero-order valence-electron chi connectivity index (χ0n) is 39.6. The van der Waals surface area contributed by atoms with Crippen LogP contribution < -0.4 is 15.0 Å². The van der Waals surface area contributed by atoms with Crippen LogP contribution in [0.15, 0.2) is 66.5 Å². The van der Waals surface area contributed by atoms with Crippen molar-refractivity contribution in [1.82, 2.24) is 9.88 Å². The van der Waals surface area contributed by atoms with Gasteiger partial charge in [-0.1, -0.05) is 87.6 Å². The first kappa shape index (κ1) is 49.7. The Labute approximate surface area is 398 Å². The van der Waals surface area contributed by atoms with Gasteiger partial charge in [-0.25, -0.2) is 9.78 Å². The van der Waals surface area contributed by atoms with Crippen LogP contribution >= 0.6 is 11.3 Å². The number of anilines is 2. The number of fused-ring (bicyclic) bond motifs is 1. The largest absolute Gasteiger partial charge is 0.507 e. The van der Waals surface area contributed by atoms with Crippen molar-refractivity contribution < 1.29 is 63.3 Å². The van der Waals surface area contributed by atoms with Crippen molar-refractivity contribution in [3.8, 4) is 17.2 Å². The Morgan fingerprint density at radius 2 is 1.63 bits per heavy atom. The highest BCUT2D eigenvalue weighted by Gasteiger charge is 2.50. The molecule has 0 saturated carbocycles. The molecule has 1 saturated heterocycles. The van der Waals surface area contributed by atoms with Gasteiger partial charge in [-0.15, -0.1) is 0 Å². The molecule has 4 heterocycles. The molecule has 3 aliphatic heterocycles. The van der Waals surface area contributed by atoms with Crippen LogP contribution in [-0.2, 0) is 35.1 Å². The van der Waals surface area contributed by atoms with Gasteiger partial charge in [0.2, 0.25) is 0 Å². The standard InChI is InChI=1S/C50H60N4O13S/c1-25-14-13-15-26(2)47(61)51-38-42(59)35-34(37-45(38)68-48(52-37)53-19-21-54(22-20-53)49(62)64-24-32-16-11-10-12-17-32)36-44(30(6)41(35)58)67-50(8,46(36)60)65-23-18-33(63-9)27(3)43(66-31(7)55)29(5)40(57)28(4)39(25)56/h10-18,23,25,27-29,33,39-40,43,56-59H,19-22,24H2,1-9H3,(H,51,61)/b14-13+,23-18+,26-15-/t25-,27+,28+,29+,33-,39-,40+,43+,50-/m0/s1. The first-order chi connectivity index (χ1) is 32.3. The van der Waals surface area contributed by atoms with E-state index < -0.39 is 89.1 Å². The summed E-state index contributed by atoms with van der Waals surface area (Å²) in [6.07, 6.45) is 3.29. The number of esters is 1. The number of aromatic nitrogens is 1. The van der Waals surface area contributed by atoms with Gasteiger partial charge < -0.3 is 59.2 Å². The molecule has 5 N–H and O–H groups in total. The maximum Gasteiger partial charge on any atom is 0.410 e. The molecule has 17 nitrogen and oxygen atoms in total. The van der Waals surface area contributed by atoms with Crippen LogP contribution in [0.1, 0.15) is 70.0 Å². The summed E-state index contributed by atoms with van der Waals surface area (Å²) < 4.78 is 29.9. The van der Waals surface area contributed by atoms with Crippen LogP contribution in [0.2, 0.25) is 0 Å². The highest BCUT2D eigenvalue weighted by molar-refractivity contribution is 7.23. The molecule has 4 bridgehead atoms. The quantitative estimate of drug-likeness (QED) is 0.0992. The SMILES string of the molecule is CO[C@H]1/C=C/O[C@@]2(C)Oc3c(C)c(O)c4c(O)c(c5sc(N6CCN(C(=O)OCc7ccccc7)CC6)nc5c4c3C2=O)NC(=O)/C(C)=C\C=C\[C@H](C)[C@H](O)[C@@H](C)[C@@H](O)[C@@H](C)[C@H](OC(C)=O)[C@@H]1C. The summed E-state index contributed by atoms with van der Waals surface area (Å²) in [6, 6.07) is 9.37. The molecule has 4 aromatic rings. The van der Waals surface area contributed by atoms with Gasteiger partial charge in [0, 0.05) is 87.3 Å². The van der Waals surface area contributed by atoms with Gasteiger partial charge in [0.15, 0.2) is 10.9 Å². The van der Waals surface area contributed by atoms with Gasteiger partial charge in [0.05, 0.1) is 45.7 Å². The van der Waals surface area contributed by atoms with E-state index in [0.29, 0.717) is 36.0 Å². The number of ketones is 1. The average Bonchev–Trinajstić information content (AvgIpc) is 3.88. The van der Waals surface area contributed by atoms with E-state index in [-0.39, 0.29) is 51.0 Å². The van der Waals surface area contributed by atoms with Crippen molar-refractivity contribution >= 4 is 66.9 Å². The number of rotatable bonds is 5. The number of hydrogen-bond acceptors (Lipinski definition) is 16. The topological polar surface area (TPSA) is 227 Å². The Balaban J connectivity index is 1.32. The molecule has 0 aliphatic carbocycles. The monoisotopic (exact) mass is 956 g/mol. The lowest BCUT2D eigenvalue weighted by atomic mass is 9.78. The van der Waals surface area contributed by atoms with Crippen LogP contribution in [-0.4, -0.2) is 118 Å². The number of aliphatic hydroxyl groups is 2. The van der Waals surface area contributed by atoms with Crippen LogP contribution in [0.3, 0.4) is 0 Å². The van der Waals surface area contributed by atoms with Crippen molar-refractivity contribution in [3.63, 3.8) is 0 Å². The molecular formula is C50H60N4O13S. The van der Waals surface area contributed by atoms with Crippen LogP contribution in [0.25, 0.3) is 21.0 Å². The number of nitrogens with zero attached hydrogens (tertiary/aromatic N) is 3. The minimum atomic E-state index is -2.00. The number of ether oxygens (including phenoxy) is 5. The number of allylic oxidation sites excluding steroid dienone is 2. The molecule has 0 radical (unpaired) electrons. The van der Waals surface area contributed by atoms with Gasteiger partial charge in [-0.2, -0.15) is 0 Å². The van der Waals surface area contributed by atoms with Crippen molar-refractivity contribution in [3.05, 3.63) is 83.2 Å². The fourth-order valence-electron chi connectivity index (χ4n) is 9.14. The number of carbonyl (C=O) groups is 4.